The van der Waals surface area contributed by atoms with Crippen LogP contribution >= 0.6 is 0 Å². The lowest BCUT2D eigenvalue weighted by atomic mass is 10.4. The Labute approximate surface area is 80.4 Å². The van der Waals surface area contributed by atoms with Crippen LogP contribution < -0.4 is 5.19 Å². The lowest BCUT2D eigenvalue weighted by molar-refractivity contribution is 0.301. The van der Waals surface area contributed by atoms with Crippen molar-refractivity contribution in [2.24, 2.45) is 0 Å². The molecular weight excluding hydrogens is 176 g/mol. The molecule has 0 saturated carbocycles. The van der Waals surface area contributed by atoms with Gasteiger partial charge in [0.1, 0.15) is 13.8 Å². The molecule has 2 heteroatoms. The molecule has 0 heterocycles. The smallest absolute Gasteiger partial charge is 0.128 e. The average molecular weight is 190 g/mol. The summed E-state index contributed by atoms with van der Waals surface area (Å²) in [5, 5.41) is 10.9. The monoisotopic (exact) mass is 190 g/mol. The Morgan fingerprint density at radius 1 is 1.31 bits per heavy atom. The molecule has 0 aliphatic heterocycles. The van der Waals surface area contributed by atoms with Crippen molar-refractivity contribution in [1.29, 1.82) is 0 Å². The normalized spacial score (nSPS) is 13.4. The van der Waals surface area contributed by atoms with Crippen LogP contribution in [0, 0.1) is 12.3 Å². The Morgan fingerprint density at radius 3 is 2.31 bits per heavy atom. The number of aliphatic hydroxyl groups is 1. The van der Waals surface area contributed by atoms with Crippen LogP contribution in [0.3, 0.4) is 0 Å². The number of aliphatic hydroxyl groups excluding tert-OH is 1. The number of benzene rings is 1. The van der Waals surface area contributed by atoms with E-state index in [2.05, 4.69) is 19.0 Å². The van der Waals surface area contributed by atoms with Crippen molar-refractivity contribution < 1.29 is 5.11 Å². The van der Waals surface area contributed by atoms with Crippen molar-refractivity contribution in [3.63, 3.8) is 0 Å². The van der Waals surface area contributed by atoms with Crippen LogP contribution in [-0.4, -0.2) is 18.9 Å². The summed E-state index contributed by atoms with van der Waals surface area (Å²) in [6.07, 6.45) is 5.23. The summed E-state index contributed by atoms with van der Waals surface area (Å²) in [6, 6.07) is 10.00. The maximum atomic E-state index is 9.66. The molecule has 1 aromatic carbocycles. The molecule has 0 fully saturated rings. The van der Waals surface area contributed by atoms with Crippen LogP contribution in [0.25, 0.3) is 0 Å². The molecule has 0 bridgehead atoms. The second-order valence-electron chi connectivity index (χ2n) is 3.66. The molecule has 1 atom stereocenters. The van der Waals surface area contributed by atoms with Crippen molar-refractivity contribution in [3.05, 3.63) is 30.3 Å². The van der Waals surface area contributed by atoms with Gasteiger partial charge in [-0.1, -0.05) is 54.5 Å². The highest BCUT2D eigenvalue weighted by molar-refractivity contribution is 6.91. The van der Waals surface area contributed by atoms with E-state index in [-0.39, 0.29) is 0 Å². The molecule has 0 aliphatic carbocycles. The molecule has 1 nitrogen and oxygen atoms in total. The third kappa shape index (κ3) is 2.00. The predicted octanol–water partition coefficient (Wildman–Crippen LogP) is 1.14. The number of terminal acetylenes is 1. The molecule has 0 aliphatic rings. The summed E-state index contributed by atoms with van der Waals surface area (Å²) in [6.45, 7) is 4.15. The van der Waals surface area contributed by atoms with Gasteiger partial charge in [-0.15, -0.1) is 6.42 Å². The first-order valence-corrected chi connectivity index (χ1v) is 7.36. The third-order valence-corrected chi connectivity index (χ3v) is 5.71. The van der Waals surface area contributed by atoms with Crippen LogP contribution in [0.5, 0.6) is 0 Å². The van der Waals surface area contributed by atoms with Gasteiger partial charge in [-0.3, -0.25) is 0 Å². The molecule has 0 aromatic heterocycles. The fraction of sp³-hybridized carbons (Fsp3) is 0.273. The van der Waals surface area contributed by atoms with Crippen molar-refractivity contribution in [2.75, 3.05) is 0 Å². The summed E-state index contributed by atoms with van der Waals surface area (Å²) in [5.41, 5.74) is -0.602. The molecule has 0 amide bonds. The molecule has 1 aromatic rings. The van der Waals surface area contributed by atoms with Gasteiger partial charge in [-0.2, -0.15) is 0 Å². The number of hydrogen-bond acceptors (Lipinski definition) is 1. The Kier molecular flexibility index (Phi) is 2.92. The van der Waals surface area contributed by atoms with E-state index in [1.807, 2.05) is 30.3 Å². The van der Waals surface area contributed by atoms with Crippen LogP contribution in [-0.2, 0) is 0 Å². The fourth-order valence-electron chi connectivity index (χ4n) is 1.23. The summed E-state index contributed by atoms with van der Waals surface area (Å²) in [4.78, 5) is 0. The van der Waals surface area contributed by atoms with Crippen LogP contribution in [0.1, 0.15) is 0 Å². The molecule has 0 saturated heterocycles. The minimum atomic E-state index is -1.86. The van der Waals surface area contributed by atoms with E-state index >= 15 is 0 Å². The quantitative estimate of drug-likeness (QED) is 0.547. The van der Waals surface area contributed by atoms with E-state index < -0.39 is 13.8 Å². The van der Waals surface area contributed by atoms with E-state index in [0.717, 1.165) is 0 Å². The van der Waals surface area contributed by atoms with Gasteiger partial charge in [-0.05, 0) is 0 Å². The van der Waals surface area contributed by atoms with Crippen LogP contribution in [0.15, 0.2) is 30.3 Å². The Bertz CT molecular complexity index is 311. The van der Waals surface area contributed by atoms with Crippen LogP contribution in [0.4, 0.5) is 0 Å². The third-order valence-electron chi connectivity index (χ3n) is 2.36. The molecule has 0 unspecified atom stereocenters. The minimum Gasteiger partial charge on any atom is -0.384 e. The van der Waals surface area contributed by atoms with Gasteiger partial charge in [0.15, 0.2) is 0 Å². The highest BCUT2D eigenvalue weighted by Gasteiger charge is 2.30. The van der Waals surface area contributed by atoms with Gasteiger partial charge in [0, 0.05) is 0 Å². The van der Waals surface area contributed by atoms with Crippen molar-refractivity contribution >= 4 is 13.3 Å². The van der Waals surface area contributed by atoms with Crippen molar-refractivity contribution in [1.82, 2.24) is 0 Å². The topological polar surface area (TPSA) is 20.2 Å². The van der Waals surface area contributed by atoms with E-state index in [1.165, 1.54) is 5.19 Å². The molecule has 1 rings (SSSR count). The first kappa shape index (κ1) is 10.0. The summed E-state index contributed by atoms with van der Waals surface area (Å²) < 4.78 is 0. The SMILES string of the molecule is C#C[C@@H](O)[Si](C)(C)c1ccccc1. The van der Waals surface area contributed by atoms with E-state index in [0.29, 0.717) is 0 Å². The summed E-state index contributed by atoms with van der Waals surface area (Å²) >= 11 is 0. The van der Waals surface area contributed by atoms with Gasteiger partial charge < -0.3 is 5.11 Å². The van der Waals surface area contributed by atoms with E-state index in [1.54, 1.807) is 0 Å². The highest BCUT2D eigenvalue weighted by atomic mass is 28.3. The zero-order valence-corrected chi connectivity index (χ0v) is 8.99. The Balaban J connectivity index is 3.02. The molecule has 0 radical (unpaired) electrons. The standard InChI is InChI=1S/C11H14OSi/c1-4-11(12)13(2,3)10-8-6-5-7-9-10/h1,5-9,11-12H,2-3H3/t11-/m0/s1. The van der Waals surface area contributed by atoms with Gasteiger partial charge in [0.2, 0.25) is 0 Å². The maximum absolute atomic E-state index is 9.66. The molecule has 0 spiro atoms. The number of hydrogen-bond donors (Lipinski definition) is 1. The van der Waals surface area contributed by atoms with Crippen LogP contribution in [0.2, 0.25) is 13.1 Å². The predicted molar refractivity (Wildman–Crippen MR) is 58.4 cm³/mol. The Hall–Kier alpha value is -1.04. The zero-order valence-electron chi connectivity index (χ0n) is 7.99. The number of rotatable bonds is 2. The van der Waals surface area contributed by atoms with Gasteiger partial charge >= 0.3 is 0 Å². The summed E-state index contributed by atoms with van der Waals surface area (Å²) in [7, 11) is -1.86. The highest BCUT2D eigenvalue weighted by Crippen LogP contribution is 2.07. The lowest BCUT2D eigenvalue weighted by Crippen LogP contribution is -2.51. The average Bonchev–Trinajstić information content (AvgIpc) is 2.18. The molecule has 13 heavy (non-hydrogen) atoms. The van der Waals surface area contributed by atoms with E-state index in [4.69, 9.17) is 6.42 Å². The minimum absolute atomic E-state index is 0.602. The van der Waals surface area contributed by atoms with E-state index in [9.17, 15) is 5.11 Å². The molecule has 68 valence electrons. The first-order valence-electron chi connectivity index (χ1n) is 4.28. The largest absolute Gasteiger partial charge is 0.384 e. The Morgan fingerprint density at radius 2 is 1.85 bits per heavy atom. The second-order valence-corrected chi connectivity index (χ2v) is 8.22. The fourth-order valence-corrected chi connectivity index (χ4v) is 3.02. The zero-order chi connectivity index (χ0) is 9.90. The van der Waals surface area contributed by atoms with Crippen molar-refractivity contribution in [2.45, 2.75) is 18.8 Å². The molecular formula is C11H14OSi. The maximum Gasteiger partial charge on any atom is 0.128 e. The molecule has 1 N–H and O–H groups in total. The van der Waals surface area contributed by atoms with Gasteiger partial charge in [-0.25, -0.2) is 0 Å². The van der Waals surface area contributed by atoms with Gasteiger partial charge in [0.25, 0.3) is 0 Å². The second kappa shape index (κ2) is 3.78. The first-order chi connectivity index (χ1) is 6.09. The lowest BCUT2D eigenvalue weighted by Gasteiger charge is -2.24. The summed E-state index contributed by atoms with van der Waals surface area (Å²) in [5.74, 6) is 2.42. The van der Waals surface area contributed by atoms with Crippen molar-refractivity contribution in [3.8, 4) is 12.3 Å². The van der Waals surface area contributed by atoms with Gasteiger partial charge in [0.05, 0.1) is 0 Å².